The van der Waals surface area contributed by atoms with Crippen LogP contribution in [-0.2, 0) is 9.53 Å². The molecule has 0 aliphatic carbocycles. The molecule has 0 saturated carbocycles. The summed E-state index contributed by atoms with van der Waals surface area (Å²) in [6, 6.07) is 8.11. The lowest BCUT2D eigenvalue weighted by Gasteiger charge is -2.18. The van der Waals surface area contributed by atoms with E-state index in [0.29, 0.717) is 18.3 Å². The summed E-state index contributed by atoms with van der Waals surface area (Å²) in [5.74, 6) is 0.969. The third-order valence-electron chi connectivity index (χ3n) is 4.14. The smallest absolute Gasteiger partial charge is 0.244 e. The molecule has 0 bridgehead atoms. The van der Waals surface area contributed by atoms with Crippen molar-refractivity contribution in [3.8, 4) is 0 Å². The molecule has 1 amide bonds. The van der Waals surface area contributed by atoms with E-state index in [0.717, 1.165) is 35.1 Å². The van der Waals surface area contributed by atoms with E-state index in [4.69, 9.17) is 4.74 Å². The minimum atomic E-state index is -0.0305. The summed E-state index contributed by atoms with van der Waals surface area (Å²) in [4.78, 5) is 15.7. The van der Waals surface area contributed by atoms with Crippen LogP contribution in [0.15, 0.2) is 53.9 Å². The summed E-state index contributed by atoms with van der Waals surface area (Å²) in [5.41, 5.74) is 4.26. The van der Waals surface area contributed by atoms with Gasteiger partial charge in [-0.2, -0.15) is 0 Å². The lowest BCUT2D eigenvalue weighted by atomic mass is 9.89. The zero-order chi connectivity index (χ0) is 16.2. The Morgan fingerprint density at radius 2 is 2.26 bits per heavy atom. The van der Waals surface area contributed by atoms with Crippen molar-refractivity contribution in [2.24, 2.45) is 10.9 Å². The molecule has 1 unspecified atom stereocenters. The van der Waals surface area contributed by atoms with Crippen LogP contribution >= 0.6 is 0 Å². The van der Waals surface area contributed by atoms with Gasteiger partial charge in [-0.15, -0.1) is 0 Å². The Labute approximate surface area is 136 Å². The molecular formula is C19H20N2O2. The van der Waals surface area contributed by atoms with Crippen LogP contribution in [-0.4, -0.2) is 25.8 Å². The molecular weight excluding hydrogens is 288 g/mol. The van der Waals surface area contributed by atoms with Crippen LogP contribution in [0.3, 0.4) is 0 Å². The Bertz CT molecular complexity index is 729. The van der Waals surface area contributed by atoms with E-state index in [1.807, 2.05) is 30.5 Å². The lowest BCUT2D eigenvalue weighted by Crippen LogP contribution is -2.15. The molecule has 2 heterocycles. The molecule has 0 aromatic heterocycles. The fraction of sp³-hybridized carbons (Fsp3) is 0.263. The molecule has 2 aliphatic heterocycles. The largest absolute Gasteiger partial charge is 0.481 e. The molecule has 4 heteroatoms. The van der Waals surface area contributed by atoms with Crippen molar-refractivity contribution in [3.05, 3.63) is 60.0 Å². The highest BCUT2D eigenvalue weighted by Gasteiger charge is 2.18. The number of benzene rings is 1. The van der Waals surface area contributed by atoms with E-state index < -0.39 is 0 Å². The average Bonchev–Trinajstić information content (AvgIpc) is 3.02. The van der Waals surface area contributed by atoms with Crippen LogP contribution < -0.4 is 5.32 Å². The highest BCUT2D eigenvalue weighted by molar-refractivity contribution is 6.01. The third kappa shape index (κ3) is 3.42. The highest BCUT2D eigenvalue weighted by Crippen LogP contribution is 2.31. The fourth-order valence-electron chi connectivity index (χ4n) is 2.93. The standard InChI is InChI=1S/C19H20N2O2/c1-13(9-14-7-8-19(23-2)21-11-14)16-5-3-4-6-17(16)15-10-18(22)20-12-15/h3-6,8,10-11,14H,1,7,9,12H2,2H3,(H,20,22). The number of ether oxygens (including phenoxy) is 1. The first-order valence-corrected chi connectivity index (χ1v) is 7.71. The highest BCUT2D eigenvalue weighted by atomic mass is 16.5. The van der Waals surface area contributed by atoms with Gasteiger partial charge in [-0.3, -0.25) is 4.79 Å². The van der Waals surface area contributed by atoms with Gasteiger partial charge >= 0.3 is 0 Å². The molecule has 118 valence electrons. The fourth-order valence-corrected chi connectivity index (χ4v) is 2.93. The second-order valence-corrected chi connectivity index (χ2v) is 5.76. The van der Waals surface area contributed by atoms with Crippen LogP contribution in [0.2, 0.25) is 0 Å². The molecule has 0 radical (unpaired) electrons. The van der Waals surface area contributed by atoms with E-state index in [1.165, 1.54) is 0 Å². The molecule has 0 spiro atoms. The number of hydrogen-bond donors (Lipinski definition) is 1. The summed E-state index contributed by atoms with van der Waals surface area (Å²) >= 11 is 0. The van der Waals surface area contributed by atoms with Crippen molar-refractivity contribution in [2.75, 3.05) is 13.7 Å². The Balaban J connectivity index is 1.76. The number of carbonyl (C=O) groups excluding carboxylic acids is 1. The Morgan fingerprint density at radius 3 is 2.91 bits per heavy atom. The van der Waals surface area contributed by atoms with Crippen molar-refractivity contribution >= 4 is 23.3 Å². The molecule has 1 aromatic carbocycles. The number of nitrogens with zero attached hydrogens (tertiary/aromatic N) is 1. The number of nitrogens with one attached hydrogen (secondary N) is 1. The third-order valence-corrected chi connectivity index (χ3v) is 4.14. The van der Waals surface area contributed by atoms with E-state index >= 15 is 0 Å². The van der Waals surface area contributed by atoms with Gasteiger partial charge in [-0.05, 0) is 41.2 Å². The molecule has 1 aromatic rings. The van der Waals surface area contributed by atoms with Crippen LogP contribution in [0, 0.1) is 5.92 Å². The predicted molar refractivity (Wildman–Crippen MR) is 92.8 cm³/mol. The minimum Gasteiger partial charge on any atom is -0.481 e. The number of amides is 1. The Hall–Kier alpha value is -2.62. The lowest BCUT2D eigenvalue weighted by molar-refractivity contribution is -0.115. The van der Waals surface area contributed by atoms with Gasteiger partial charge in [-0.25, -0.2) is 4.99 Å². The van der Waals surface area contributed by atoms with Crippen molar-refractivity contribution in [3.63, 3.8) is 0 Å². The second-order valence-electron chi connectivity index (χ2n) is 5.76. The molecule has 1 N–H and O–H groups in total. The summed E-state index contributed by atoms with van der Waals surface area (Å²) in [7, 11) is 1.63. The molecule has 1 atom stereocenters. The summed E-state index contributed by atoms with van der Waals surface area (Å²) in [6.45, 7) is 4.84. The van der Waals surface area contributed by atoms with Crippen LogP contribution in [0.4, 0.5) is 0 Å². The van der Waals surface area contributed by atoms with Gasteiger partial charge in [-0.1, -0.05) is 30.8 Å². The molecule has 3 rings (SSSR count). The van der Waals surface area contributed by atoms with Gasteiger partial charge in [0.25, 0.3) is 0 Å². The van der Waals surface area contributed by atoms with Gasteiger partial charge in [0.2, 0.25) is 11.8 Å². The molecule has 0 fully saturated rings. The van der Waals surface area contributed by atoms with Crippen LogP contribution in [0.25, 0.3) is 11.1 Å². The van der Waals surface area contributed by atoms with Crippen molar-refractivity contribution < 1.29 is 9.53 Å². The Morgan fingerprint density at radius 1 is 1.43 bits per heavy atom. The normalized spacial score (nSPS) is 19.9. The van der Waals surface area contributed by atoms with Crippen molar-refractivity contribution in [1.82, 2.24) is 5.32 Å². The summed E-state index contributed by atoms with van der Waals surface area (Å²) in [5, 5.41) is 2.82. The first-order chi connectivity index (χ1) is 11.2. The quantitative estimate of drug-likeness (QED) is 0.908. The van der Waals surface area contributed by atoms with Crippen LogP contribution in [0.1, 0.15) is 24.0 Å². The second kappa shape index (κ2) is 6.65. The Kier molecular flexibility index (Phi) is 4.42. The van der Waals surface area contributed by atoms with E-state index in [-0.39, 0.29) is 5.91 Å². The predicted octanol–water partition coefficient (Wildman–Crippen LogP) is 3.18. The number of carbonyl (C=O) groups is 1. The SMILES string of the molecule is C=C(CC1C=NC(OC)=CC1)c1ccccc1C1=CC(=O)NC1. The van der Waals surface area contributed by atoms with Gasteiger partial charge in [0.1, 0.15) is 0 Å². The monoisotopic (exact) mass is 308 g/mol. The average molecular weight is 308 g/mol. The van der Waals surface area contributed by atoms with Crippen LogP contribution in [0.5, 0.6) is 0 Å². The summed E-state index contributed by atoms with van der Waals surface area (Å²) in [6.07, 6.45) is 7.35. The van der Waals surface area contributed by atoms with Gasteiger partial charge < -0.3 is 10.1 Å². The summed E-state index contributed by atoms with van der Waals surface area (Å²) < 4.78 is 5.12. The van der Waals surface area contributed by atoms with E-state index in [1.54, 1.807) is 13.2 Å². The number of methoxy groups -OCH3 is 1. The number of rotatable bonds is 5. The van der Waals surface area contributed by atoms with E-state index in [2.05, 4.69) is 23.0 Å². The maximum absolute atomic E-state index is 11.4. The zero-order valence-corrected chi connectivity index (χ0v) is 13.2. The minimum absolute atomic E-state index is 0.0305. The molecule has 4 nitrogen and oxygen atoms in total. The van der Waals surface area contributed by atoms with Gasteiger partial charge in [0, 0.05) is 24.8 Å². The number of hydrogen-bond acceptors (Lipinski definition) is 3. The first kappa shape index (κ1) is 15.3. The zero-order valence-electron chi connectivity index (χ0n) is 13.2. The van der Waals surface area contributed by atoms with Crippen molar-refractivity contribution in [1.29, 1.82) is 0 Å². The molecule has 2 aliphatic rings. The molecule has 23 heavy (non-hydrogen) atoms. The number of aliphatic imine (C=N–C) groups is 1. The maximum Gasteiger partial charge on any atom is 0.244 e. The topological polar surface area (TPSA) is 50.7 Å². The van der Waals surface area contributed by atoms with Crippen molar-refractivity contribution in [2.45, 2.75) is 12.8 Å². The maximum atomic E-state index is 11.4. The number of allylic oxidation sites excluding steroid dienone is 2. The first-order valence-electron chi connectivity index (χ1n) is 7.71. The van der Waals surface area contributed by atoms with E-state index in [9.17, 15) is 4.79 Å². The molecule has 0 saturated heterocycles. The van der Waals surface area contributed by atoms with Gasteiger partial charge in [0.15, 0.2) is 0 Å². The van der Waals surface area contributed by atoms with Gasteiger partial charge in [0.05, 0.1) is 7.11 Å².